The molecule has 1 heterocycles. The van der Waals surface area contributed by atoms with Gasteiger partial charge in [0.05, 0.1) is 5.54 Å². The van der Waals surface area contributed by atoms with Crippen molar-refractivity contribution in [3.8, 4) is 11.5 Å². The van der Waals surface area contributed by atoms with Gasteiger partial charge >= 0.3 is 0 Å². The number of benzene rings is 1. The second-order valence-corrected chi connectivity index (χ2v) is 8.04. The topological polar surface area (TPSA) is 111 Å². The van der Waals surface area contributed by atoms with Crippen molar-refractivity contribution >= 4 is 10.0 Å². The summed E-state index contributed by atoms with van der Waals surface area (Å²) in [4.78, 5) is 3.79. The standard InChI is InChI=1S/C15H19FN4O3S/c1-9(2)20-24(21,22)12-8-10(4-5-11(12)16)13-18-14(19-23-13)15(17)6-3-7-15/h4-5,8-9,20H,3,6-7,17H2,1-2H3. The second-order valence-electron chi connectivity index (χ2n) is 6.35. The Bertz CT molecular complexity index is 859. The van der Waals surface area contributed by atoms with Crippen LogP contribution >= 0.6 is 0 Å². The van der Waals surface area contributed by atoms with E-state index in [-0.39, 0.29) is 11.9 Å². The Morgan fingerprint density at radius 1 is 1.38 bits per heavy atom. The second kappa shape index (κ2) is 5.91. The number of rotatable bonds is 5. The molecular formula is C15H19FN4O3S. The molecule has 1 aliphatic rings. The Morgan fingerprint density at radius 2 is 2.08 bits per heavy atom. The number of nitrogens with one attached hydrogen (secondary N) is 1. The Labute approximate surface area is 139 Å². The number of hydrogen-bond donors (Lipinski definition) is 2. The van der Waals surface area contributed by atoms with E-state index in [4.69, 9.17) is 10.3 Å². The molecule has 9 heteroatoms. The molecule has 0 amide bonds. The fraction of sp³-hybridized carbons (Fsp3) is 0.467. The zero-order valence-electron chi connectivity index (χ0n) is 13.4. The van der Waals surface area contributed by atoms with Crippen LogP contribution in [0.5, 0.6) is 0 Å². The molecule has 0 aliphatic heterocycles. The first-order valence-electron chi connectivity index (χ1n) is 7.67. The van der Waals surface area contributed by atoms with Crippen LogP contribution in [-0.4, -0.2) is 24.6 Å². The van der Waals surface area contributed by atoms with E-state index in [9.17, 15) is 12.8 Å². The van der Waals surface area contributed by atoms with Crippen molar-refractivity contribution in [3.05, 3.63) is 29.8 Å². The minimum Gasteiger partial charge on any atom is -0.334 e. The molecular weight excluding hydrogens is 335 g/mol. The third-order valence-electron chi connectivity index (χ3n) is 3.98. The first-order valence-corrected chi connectivity index (χ1v) is 9.15. The highest BCUT2D eigenvalue weighted by molar-refractivity contribution is 7.89. The smallest absolute Gasteiger partial charge is 0.258 e. The summed E-state index contributed by atoms with van der Waals surface area (Å²) in [6, 6.07) is 3.28. The van der Waals surface area contributed by atoms with Gasteiger partial charge in [-0.2, -0.15) is 4.98 Å². The molecule has 1 saturated carbocycles. The van der Waals surface area contributed by atoms with Gasteiger partial charge in [0, 0.05) is 11.6 Å². The van der Waals surface area contributed by atoms with Crippen LogP contribution in [0.2, 0.25) is 0 Å². The molecule has 0 bridgehead atoms. The van der Waals surface area contributed by atoms with Crippen LogP contribution in [0.25, 0.3) is 11.5 Å². The molecule has 130 valence electrons. The van der Waals surface area contributed by atoms with Crippen molar-refractivity contribution in [3.63, 3.8) is 0 Å². The van der Waals surface area contributed by atoms with Crippen molar-refractivity contribution in [1.29, 1.82) is 0 Å². The molecule has 24 heavy (non-hydrogen) atoms. The average Bonchev–Trinajstić information content (AvgIpc) is 2.93. The number of aromatic nitrogens is 2. The van der Waals surface area contributed by atoms with Crippen LogP contribution < -0.4 is 10.5 Å². The molecule has 2 aromatic rings. The predicted octanol–water partition coefficient (Wildman–Crippen LogP) is 1.90. The van der Waals surface area contributed by atoms with E-state index >= 15 is 0 Å². The summed E-state index contributed by atoms with van der Waals surface area (Å²) in [7, 11) is -3.98. The zero-order valence-corrected chi connectivity index (χ0v) is 14.2. The number of nitrogens with two attached hydrogens (primary N) is 1. The number of halogens is 1. The van der Waals surface area contributed by atoms with Gasteiger partial charge < -0.3 is 10.3 Å². The van der Waals surface area contributed by atoms with Crippen LogP contribution in [-0.2, 0) is 15.6 Å². The highest BCUT2D eigenvalue weighted by Crippen LogP contribution is 2.37. The Balaban J connectivity index is 1.97. The van der Waals surface area contributed by atoms with E-state index in [2.05, 4.69) is 14.9 Å². The molecule has 1 aromatic carbocycles. The minimum atomic E-state index is -3.98. The molecule has 0 radical (unpaired) electrons. The van der Waals surface area contributed by atoms with Crippen LogP contribution in [0.3, 0.4) is 0 Å². The van der Waals surface area contributed by atoms with Gasteiger partial charge in [-0.15, -0.1) is 0 Å². The molecule has 0 spiro atoms. The van der Waals surface area contributed by atoms with E-state index in [1.54, 1.807) is 13.8 Å². The van der Waals surface area contributed by atoms with Crippen molar-refractivity contribution in [1.82, 2.24) is 14.9 Å². The number of hydrogen-bond acceptors (Lipinski definition) is 6. The minimum absolute atomic E-state index is 0.114. The normalized spacial score (nSPS) is 17.0. The lowest BCUT2D eigenvalue weighted by Gasteiger charge is -2.34. The maximum Gasteiger partial charge on any atom is 0.258 e. The van der Waals surface area contributed by atoms with E-state index < -0.39 is 26.3 Å². The molecule has 0 atom stereocenters. The van der Waals surface area contributed by atoms with Crippen molar-refractivity contribution in [2.24, 2.45) is 5.73 Å². The van der Waals surface area contributed by atoms with Gasteiger partial charge in [0.15, 0.2) is 5.82 Å². The van der Waals surface area contributed by atoms with Gasteiger partial charge in [-0.3, -0.25) is 0 Å². The van der Waals surface area contributed by atoms with E-state index in [1.165, 1.54) is 12.1 Å². The Morgan fingerprint density at radius 3 is 2.67 bits per heavy atom. The summed E-state index contributed by atoms with van der Waals surface area (Å²) in [5.74, 6) is -0.346. The Hall–Kier alpha value is -1.84. The van der Waals surface area contributed by atoms with Gasteiger partial charge in [0.1, 0.15) is 10.7 Å². The monoisotopic (exact) mass is 354 g/mol. The third kappa shape index (κ3) is 3.06. The van der Waals surface area contributed by atoms with E-state index in [0.717, 1.165) is 25.3 Å². The van der Waals surface area contributed by atoms with Gasteiger partial charge in [-0.25, -0.2) is 17.5 Å². The number of sulfonamides is 1. The lowest BCUT2D eigenvalue weighted by atomic mass is 9.77. The SMILES string of the molecule is CC(C)NS(=O)(=O)c1cc(-c2nc(C3(N)CCC3)no2)ccc1F. The summed E-state index contributed by atoms with van der Waals surface area (Å²) < 4.78 is 46.0. The van der Waals surface area contributed by atoms with Gasteiger partial charge in [-0.1, -0.05) is 5.16 Å². The lowest BCUT2D eigenvalue weighted by Crippen LogP contribution is -2.44. The first kappa shape index (κ1) is 17.0. The Kier molecular flexibility index (Phi) is 4.18. The molecule has 3 N–H and O–H groups in total. The summed E-state index contributed by atoms with van der Waals surface area (Å²) >= 11 is 0. The van der Waals surface area contributed by atoms with Crippen LogP contribution in [0.1, 0.15) is 38.9 Å². The van der Waals surface area contributed by atoms with Gasteiger partial charge in [0.2, 0.25) is 10.0 Å². The maximum absolute atomic E-state index is 14.0. The third-order valence-corrected chi connectivity index (χ3v) is 5.65. The highest BCUT2D eigenvalue weighted by Gasteiger charge is 2.39. The zero-order chi connectivity index (χ0) is 17.5. The fourth-order valence-electron chi connectivity index (χ4n) is 2.54. The number of nitrogens with zero attached hydrogens (tertiary/aromatic N) is 2. The summed E-state index contributed by atoms with van der Waals surface area (Å²) in [5, 5.41) is 3.88. The van der Waals surface area contributed by atoms with Crippen molar-refractivity contribution < 1.29 is 17.3 Å². The van der Waals surface area contributed by atoms with Crippen molar-refractivity contribution in [2.75, 3.05) is 0 Å². The summed E-state index contributed by atoms with van der Waals surface area (Å²) in [5.41, 5.74) is 5.88. The maximum atomic E-state index is 14.0. The average molecular weight is 354 g/mol. The molecule has 0 unspecified atom stereocenters. The van der Waals surface area contributed by atoms with Gasteiger partial charge in [-0.05, 0) is 51.3 Å². The van der Waals surface area contributed by atoms with Crippen LogP contribution in [0.4, 0.5) is 4.39 Å². The largest absolute Gasteiger partial charge is 0.334 e. The molecule has 1 fully saturated rings. The van der Waals surface area contributed by atoms with Gasteiger partial charge in [0.25, 0.3) is 5.89 Å². The predicted molar refractivity (Wildman–Crippen MR) is 84.9 cm³/mol. The van der Waals surface area contributed by atoms with Crippen molar-refractivity contribution in [2.45, 2.75) is 49.6 Å². The summed E-state index contributed by atoms with van der Waals surface area (Å²) in [6.07, 6.45) is 2.54. The molecule has 3 rings (SSSR count). The lowest BCUT2D eigenvalue weighted by molar-refractivity contribution is 0.229. The van der Waals surface area contributed by atoms with Crippen LogP contribution in [0, 0.1) is 5.82 Å². The molecule has 0 saturated heterocycles. The summed E-state index contributed by atoms with van der Waals surface area (Å²) in [6.45, 7) is 3.31. The van der Waals surface area contributed by atoms with E-state index in [0.29, 0.717) is 11.4 Å². The fourth-order valence-corrected chi connectivity index (χ4v) is 3.89. The molecule has 7 nitrogen and oxygen atoms in total. The van der Waals surface area contributed by atoms with E-state index in [1.807, 2.05) is 0 Å². The molecule has 1 aromatic heterocycles. The van der Waals surface area contributed by atoms with Crippen LogP contribution in [0.15, 0.2) is 27.6 Å². The quantitative estimate of drug-likeness (QED) is 0.848. The highest BCUT2D eigenvalue weighted by atomic mass is 32.2. The first-order chi connectivity index (χ1) is 11.2. The molecule has 1 aliphatic carbocycles.